The van der Waals surface area contributed by atoms with Crippen LogP contribution in [0.4, 0.5) is 25.1 Å². The molecule has 5 fully saturated rings. The van der Waals surface area contributed by atoms with Crippen molar-refractivity contribution in [2.75, 3.05) is 76.0 Å². The van der Waals surface area contributed by atoms with Crippen molar-refractivity contribution in [3.8, 4) is 35.4 Å². The second-order valence-corrected chi connectivity index (χ2v) is 20.4. The molecule has 0 aliphatic carbocycles. The maximum Gasteiger partial charge on any atom is 0.407 e. The number of pyridine rings is 1. The fourth-order valence-electron chi connectivity index (χ4n) is 11.8. The zero-order chi connectivity index (χ0) is 54.4. The lowest BCUT2D eigenvalue weighted by Gasteiger charge is -2.35. The van der Waals surface area contributed by atoms with E-state index in [1.54, 1.807) is 0 Å². The van der Waals surface area contributed by atoms with E-state index in [0.29, 0.717) is 55.5 Å². The van der Waals surface area contributed by atoms with Crippen molar-refractivity contribution in [3.63, 3.8) is 0 Å². The number of hydrogen-bond acceptors (Lipinski definition) is 17. The molecule has 78 heavy (non-hydrogen) atoms. The molecule has 3 aromatic carbocycles. The van der Waals surface area contributed by atoms with Gasteiger partial charge < -0.3 is 44.9 Å². The molecular weight excluding hydrogens is 1010 g/mol. The molecule has 11 rings (SSSR count). The SMILES string of the molecule is C#Cc1c(F)ccc2cc(O)cc(-c3ncc4c(N5CC6CCC(C5)N6)nc(OC[C@@]56CC[C@@H](COC(=O)NCCOCCOCC(=O)Nc7ccc8c(c7)C(=O)N(C7CCC(=O)NC7=O)C8=O)N5CC(=C)C6)nc4c3F)c12. The van der Waals surface area contributed by atoms with Crippen LogP contribution in [0.15, 0.2) is 60.8 Å². The second-order valence-electron chi connectivity index (χ2n) is 20.4. The average molecular weight is 1070 g/mol. The number of anilines is 2. The van der Waals surface area contributed by atoms with Crippen molar-refractivity contribution in [3.05, 3.63) is 89.1 Å². The molecule has 5 atom stereocenters. The first-order chi connectivity index (χ1) is 37.7. The van der Waals surface area contributed by atoms with Crippen LogP contribution in [-0.4, -0.2) is 161 Å². The van der Waals surface area contributed by atoms with E-state index in [0.717, 1.165) is 23.3 Å². The summed E-state index contributed by atoms with van der Waals surface area (Å²) in [5, 5.41) is 22.8. The highest BCUT2D eigenvalue weighted by Crippen LogP contribution is 2.45. The number of carbonyl (C=O) groups excluding carboxylic acids is 6. The van der Waals surface area contributed by atoms with Gasteiger partial charge >= 0.3 is 12.1 Å². The van der Waals surface area contributed by atoms with Gasteiger partial charge in [0, 0.05) is 73.6 Å². The topological polar surface area (TPSA) is 256 Å². The predicted molar refractivity (Wildman–Crippen MR) is 276 cm³/mol. The number of halogens is 2. The number of nitrogens with one attached hydrogen (secondary N) is 4. The highest BCUT2D eigenvalue weighted by Gasteiger charge is 2.52. The molecule has 6 amide bonds. The Labute approximate surface area is 445 Å². The number of imide groups is 2. The minimum Gasteiger partial charge on any atom is -0.508 e. The Morgan fingerprint density at radius 1 is 0.949 bits per heavy atom. The van der Waals surface area contributed by atoms with Gasteiger partial charge in [-0.1, -0.05) is 24.1 Å². The fraction of sp³-hybridized carbons (Fsp3) is 0.400. The summed E-state index contributed by atoms with van der Waals surface area (Å²) in [6.45, 7) is 6.41. The van der Waals surface area contributed by atoms with Crippen molar-refractivity contribution >= 4 is 68.8 Å². The summed E-state index contributed by atoms with van der Waals surface area (Å²) in [4.78, 5) is 94.7. The third kappa shape index (κ3) is 10.0. The van der Waals surface area contributed by atoms with Crippen LogP contribution in [0.3, 0.4) is 0 Å². The number of phenols is 1. The Hall–Kier alpha value is -8.17. The summed E-state index contributed by atoms with van der Waals surface area (Å²) in [7, 11) is 0. The summed E-state index contributed by atoms with van der Waals surface area (Å²) in [5.74, 6) is -1.91. The molecule has 5 aromatic rings. The monoisotopic (exact) mass is 1070 g/mol. The zero-order valence-corrected chi connectivity index (χ0v) is 42.2. The maximum atomic E-state index is 17.2. The Balaban J connectivity index is 0.664. The molecule has 0 saturated carbocycles. The van der Waals surface area contributed by atoms with Crippen LogP contribution in [0.1, 0.15) is 71.2 Å². The average Bonchev–Trinajstić information content (AvgIpc) is 4.29. The van der Waals surface area contributed by atoms with Gasteiger partial charge in [0.1, 0.15) is 54.5 Å². The van der Waals surface area contributed by atoms with Crippen LogP contribution in [0, 0.1) is 24.0 Å². The van der Waals surface area contributed by atoms with Crippen LogP contribution < -0.4 is 30.9 Å². The summed E-state index contributed by atoms with van der Waals surface area (Å²) >= 11 is 0. The van der Waals surface area contributed by atoms with Gasteiger partial charge in [0.05, 0.1) is 47.4 Å². The van der Waals surface area contributed by atoms with Crippen LogP contribution >= 0.6 is 0 Å². The predicted octanol–water partition coefficient (Wildman–Crippen LogP) is 4.09. The van der Waals surface area contributed by atoms with E-state index in [9.17, 15) is 33.9 Å². The number of alkyl carbamates (subject to hydrolysis) is 1. The zero-order valence-electron chi connectivity index (χ0n) is 42.2. The summed E-state index contributed by atoms with van der Waals surface area (Å²) in [6, 6.07) is 8.72. The van der Waals surface area contributed by atoms with Crippen LogP contribution in [0.2, 0.25) is 0 Å². The first kappa shape index (κ1) is 51.9. The minimum atomic E-state index is -1.11. The van der Waals surface area contributed by atoms with Crippen molar-refractivity contribution in [2.45, 2.75) is 74.7 Å². The van der Waals surface area contributed by atoms with Gasteiger partial charge in [-0.25, -0.2) is 13.6 Å². The molecule has 2 aromatic heterocycles. The number of aromatic hydroxyl groups is 1. The highest BCUT2D eigenvalue weighted by molar-refractivity contribution is 6.24. The molecule has 5 saturated heterocycles. The van der Waals surface area contributed by atoms with Gasteiger partial charge in [0.25, 0.3) is 11.8 Å². The number of benzene rings is 3. The lowest BCUT2D eigenvalue weighted by atomic mass is 9.94. The van der Waals surface area contributed by atoms with Gasteiger partial charge in [-0.3, -0.25) is 44.1 Å². The third-order valence-electron chi connectivity index (χ3n) is 15.3. The number of hydrogen-bond donors (Lipinski definition) is 5. The van der Waals surface area contributed by atoms with E-state index in [2.05, 4.69) is 53.5 Å². The van der Waals surface area contributed by atoms with Crippen molar-refractivity contribution in [1.82, 2.24) is 40.7 Å². The van der Waals surface area contributed by atoms with Crippen molar-refractivity contribution in [1.29, 1.82) is 0 Å². The van der Waals surface area contributed by atoms with Crippen LogP contribution in [0.5, 0.6) is 11.8 Å². The van der Waals surface area contributed by atoms with Crippen molar-refractivity contribution < 1.29 is 61.6 Å². The molecule has 2 bridgehead atoms. The molecular formula is C55H54F2N10O11. The number of aromatic nitrogens is 3. The quantitative estimate of drug-likeness (QED) is 0.0380. The standard InChI is InChI=1S/C55H54F2N10O11/c1-3-36-41(56)9-4-30-18-35(68)20-39(45(30)36)47-46(57)48-40(22-59-47)49(65-24-32-5-6-33(25-65)60-32)64-53(63-48)78-28-55-13-12-34(66(55)23-29(2)21-55)26-77-54(74)58-14-15-75-16-17-76-27-44(70)61-31-7-8-37-38(19-31)52(73)67(51(37)72)42-10-11-43(69)62-50(42)71/h1,4,7-9,18-20,22,32-34,42,60,68H,2,5-6,10-17,21,23-28H2,(H,58,74)(H,61,70)(H,62,69,71)/t32?,33?,34-,42?,55-/m0/s1. The maximum absolute atomic E-state index is 17.2. The summed E-state index contributed by atoms with van der Waals surface area (Å²) in [5.41, 5.74) is 0.562. The first-order valence-electron chi connectivity index (χ1n) is 25.7. The number of nitrogens with zero attached hydrogens (tertiary/aromatic N) is 6. The Morgan fingerprint density at radius 3 is 2.54 bits per heavy atom. The van der Waals surface area contributed by atoms with Gasteiger partial charge in [-0.15, -0.1) is 6.42 Å². The number of piperazine rings is 1. The Bertz CT molecular complexity index is 3380. The van der Waals surface area contributed by atoms with Gasteiger partial charge in [-0.2, -0.15) is 9.97 Å². The number of phenolic OH excluding ortho intramolecular Hbond substituents is 1. The minimum absolute atomic E-state index is 0.00504. The molecule has 21 nitrogen and oxygen atoms in total. The third-order valence-corrected chi connectivity index (χ3v) is 15.3. The lowest BCUT2D eigenvalue weighted by molar-refractivity contribution is -0.136. The summed E-state index contributed by atoms with van der Waals surface area (Å²) in [6.07, 6.45) is 10.6. The Kier molecular flexibility index (Phi) is 14.2. The number of piperidine rings is 1. The number of rotatable bonds is 17. The van der Waals surface area contributed by atoms with Gasteiger partial charge in [0.2, 0.25) is 17.7 Å². The Morgan fingerprint density at radius 2 is 1.74 bits per heavy atom. The molecule has 6 aliphatic heterocycles. The van der Waals surface area contributed by atoms with Crippen LogP contribution in [-0.2, 0) is 28.6 Å². The normalized spacial score (nSPS) is 22.7. The molecule has 3 unspecified atom stereocenters. The first-order valence-corrected chi connectivity index (χ1v) is 25.7. The molecule has 0 radical (unpaired) electrons. The summed E-state index contributed by atoms with van der Waals surface area (Å²) < 4.78 is 55.4. The molecule has 404 valence electrons. The van der Waals surface area contributed by atoms with E-state index in [1.165, 1.54) is 48.7 Å². The number of fused-ring (bicyclic) bond motifs is 6. The number of amides is 6. The number of ether oxygens (including phenoxy) is 4. The molecule has 6 aliphatic rings. The molecule has 0 spiro atoms. The van der Waals surface area contributed by atoms with E-state index in [1.807, 2.05) is 0 Å². The molecule has 23 heteroatoms. The van der Waals surface area contributed by atoms with Gasteiger partial charge in [0.15, 0.2) is 5.82 Å². The largest absolute Gasteiger partial charge is 0.508 e. The number of carbonyl (C=O) groups is 6. The number of terminal acetylenes is 1. The van der Waals surface area contributed by atoms with Crippen LogP contribution in [0.25, 0.3) is 32.9 Å². The van der Waals surface area contributed by atoms with Gasteiger partial charge in [-0.05, 0) is 80.3 Å². The van der Waals surface area contributed by atoms with E-state index < -0.39 is 58.8 Å². The smallest absolute Gasteiger partial charge is 0.407 e. The van der Waals surface area contributed by atoms with Crippen molar-refractivity contribution in [2.24, 2.45) is 0 Å². The highest BCUT2D eigenvalue weighted by atomic mass is 19.1. The molecule has 5 N–H and O–H groups in total. The van der Waals surface area contributed by atoms with E-state index in [-0.39, 0.29) is 133 Å². The lowest BCUT2D eigenvalue weighted by Crippen LogP contribution is -2.54. The van der Waals surface area contributed by atoms with E-state index >= 15 is 8.78 Å². The fourth-order valence-corrected chi connectivity index (χ4v) is 11.8. The molecule has 8 heterocycles. The second kappa shape index (κ2) is 21.3. The van der Waals surface area contributed by atoms with E-state index in [4.69, 9.17) is 30.4 Å².